The van der Waals surface area contributed by atoms with Crippen LogP contribution in [0.25, 0.3) is 0 Å². The van der Waals surface area contributed by atoms with Gasteiger partial charge in [-0.1, -0.05) is 18.2 Å². The Labute approximate surface area is 120 Å². The molecule has 3 rings (SSSR count). The fourth-order valence-corrected chi connectivity index (χ4v) is 3.58. The molecule has 1 amide bonds. The number of carbonyl (C=O) groups excluding carboxylic acids is 1. The van der Waals surface area contributed by atoms with Crippen molar-refractivity contribution >= 4 is 5.91 Å². The molecule has 20 heavy (non-hydrogen) atoms. The zero-order valence-corrected chi connectivity index (χ0v) is 12.0. The summed E-state index contributed by atoms with van der Waals surface area (Å²) in [5.74, 6) is -0.0184. The van der Waals surface area contributed by atoms with E-state index in [-0.39, 0.29) is 11.8 Å². The van der Waals surface area contributed by atoms with E-state index in [0.717, 1.165) is 32.2 Å². The van der Waals surface area contributed by atoms with E-state index >= 15 is 0 Å². The molecule has 108 valence electrons. The Hall–Kier alpha value is -1.35. The van der Waals surface area contributed by atoms with Crippen molar-refractivity contribution in [3.8, 4) is 0 Å². The standard InChI is InChI=1S/C17H24N2O/c18-17(20)14-6-8-16(9-7-14)19-11-12-4-5-13-2-1-3-15(13)10-12/h4-5,10,14,16,19H,1-3,6-9,11H2,(H2,18,20). The number of aryl methyl sites for hydroxylation is 2. The molecule has 1 fully saturated rings. The fourth-order valence-electron chi connectivity index (χ4n) is 3.58. The molecule has 0 aromatic heterocycles. The van der Waals surface area contributed by atoms with Gasteiger partial charge in [0.05, 0.1) is 0 Å². The van der Waals surface area contributed by atoms with Crippen LogP contribution in [0.3, 0.4) is 0 Å². The van der Waals surface area contributed by atoms with Crippen molar-refractivity contribution in [1.82, 2.24) is 5.32 Å². The molecule has 0 atom stereocenters. The second kappa shape index (κ2) is 5.96. The van der Waals surface area contributed by atoms with Crippen LogP contribution >= 0.6 is 0 Å². The molecule has 1 saturated carbocycles. The first-order valence-electron chi connectivity index (χ1n) is 7.86. The van der Waals surface area contributed by atoms with E-state index in [4.69, 9.17) is 5.73 Å². The van der Waals surface area contributed by atoms with Crippen molar-refractivity contribution in [2.75, 3.05) is 0 Å². The third kappa shape index (κ3) is 3.04. The molecular formula is C17H24N2O. The smallest absolute Gasteiger partial charge is 0.220 e. The molecule has 1 aromatic carbocycles. The highest BCUT2D eigenvalue weighted by Crippen LogP contribution is 2.25. The molecule has 2 aliphatic carbocycles. The van der Waals surface area contributed by atoms with Crippen LogP contribution in [-0.4, -0.2) is 11.9 Å². The third-order valence-corrected chi connectivity index (χ3v) is 4.89. The van der Waals surface area contributed by atoms with E-state index < -0.39 is 0 Å². The highest BCUT2D eigenvalue weighted by molar-refractivity contribution is 5.76. The monoisotopic (exact) mass is 272 g/mol. The van der Waals surface area contributed by atoms with Crippen molar-refractivity contribution in [2.24, 2.45) is 11.7 Å². The number of primary amides is 1. The number of nitrogens with one attached hydrogen (secondary N) is 1. The topological polar surface area (TPSA) is 55.1 Å². The van der Waals surface area contributed by atoms with Gasteiger partial charge in [0, 0.05) is 18.5 Å². The normalized spacial score (nSPS) is 25.4. The molecule has 0 radical (unpaired) electrons. The van der Waals surface area contributed by atoms with Crippen molar-refractivity contribution in [2.45, 2.75) is 57.5 Å². The molecule has 1 aromatic rings. The Kier molecular flexibility index (Phi) is 4.06. The lowest BCUT2D eigenvalue weighted by Crippen LogP contribution is -2.36. The average Bonchev–Trinajstić information content (AvgIpc) is 2.93. The van der Waals surface area contributed by atoms with Crippen molar-refractivity contribution in [1.29, 1.82) is 0 Å². The summed E-state index contributed by atoms with van der Waals surface area (Å²) in [5, 5.41) is 3.64. The number of fused-ring (bicyclic) bond motifs is 1. The molecule has 0 heterocycles. The van der Waals surface area contributed by atoms with E-state index in [1.807, 2.05) is 0 Å². The second-order valence-corrected chi connectivity index (χ2v) is 6.29. The van der Waals surface area contributed by atoms with Gasteiger partial charge in [0.2, 0.25) is 5.91 Å². The minimum absolute atomic E-state index is 0.105. The number of rotatable bonds is 4. The van der Waals surface area contributed by atoms with Crippen LogP contribution in [0.15, 0.2) is 18.2 Å². The van der Waals surface area contributed by atoms with Gasteiger partial charge in [0.1, 0.15) is 0 Å². The lowest BCUT2D eigenvalue weighted by Gasteiger charge is -2.27. The summed E-state index contributed by atoms with van der Waals surface area (Å²) in [6, 6.07) is 7.46. The van der Waals surface area contributed by atoms with E-state index in [1.54, 1.807) is 5.56 Å². The predicted octanol–water partition coefficient (Wildman–Crippen LogP) is 2.31. The number of hydrogen-bond donors (Lipinski definition) is 2. The largest absolute Gasteiger partial charge is 0.369 e. The van der Waals surface area contributed by atoms with Crippen molar-refractivity contribution in [3.63, 3.8) is 0 Å². The van der Waals surface area contributed by atoms with Gasteiger partial charge in [-0.3, -0.25) is 4.79 Å². The zero-order chi connectivity index (χ0) is 13.9. The van der Waals surface area contributed by atoms with Gasteiger partial charge >= 0.3 is 0 Å². The van der Waals surface area contributed by atoms with Crippen LogP contribution in [0.1, 0.15) is 48.8 Å². The van der Waals surface area contributed by atoms with Crippen LogP contribution in [0, 0.1) is 5.92 Å². The van der Waals surface area contributed by atoms with Crippen LogP contribution in [0.4, 0.5) is 0 Å². The molecule has 0 saturated heterocycles. The third-order valence-electron chi connectivity index (χ3n) is 4.89. The molecule has 0 bridgehead atoms. The molecule has 0 spiro atoms. The number of hydrogen-bond acceptors (Lipinski definition) is 2. The Morgan fingerprint density at radius 2 is 1.90 bits per heavy atom. The maximum Gasteiger partial charge on any atom is 0.220 e. The maximum atomic E-state index is 11.2. The van der Waals surface area contributed by atoms with E-state index in [9.17, 15) is 4.79 Å². The van der Waals surface area contributed by atoms with Crippen LogP contribution in [0.5, 0.6) is 0 Å². The number of nitrogens with two attached hydrogens (primary N) is 1. The van der Waals surface area contributed by atoms with Gasteiger partial charge in [0.25, 0.3) is 0 Å². The van der Waals surface area contributed by atoms with Gasteiger partial charge in [0.15, 0.2) is 0 Å². The number of benzene rings is 1. The molecule has 0 unspecified atom stereocenters. The summed E-state index contributed by atoms with van der Waals surface area (Å²) >= 11 is 0. The van der Waals surface area contributed by atoms with Crippen LogP contribution < -0.4 is 11.1 Å². The van der Waals surface area contributed by atoms with Gasteiger partial charge in [-0.05, 0) is 61.6 Å². The molecule has 0 aliphatic heterocycles. The molecular weight excluding hydrogens is 248 g/mol. The van der Waals surface area contributed by atoms with Gasteiger partial charge < -0.3 is 11.1 Å². The average molecular weight is 272 g/mol. The maximum absolute atomic E-state index is 11.2. The highest BCUT2D eigenvalue weighted by Gasteiger charge is 2.24. The van der Waals surface area contributed by atoms with Gasteiger partial charge in [-0.25, -0.2) is 0 Å². The van der Waals surface area contributed by atoms with Crippen LogP contribution in [-0.2, 0) is 24.2 Å². The Bertz CT molecular complexity index is 490. The lowest BCUT2D eigenvalue weighted by molar-refractivity contribution is -0.122. The molecule has 3 N–H and O–H groups in total. The fraction of sp³-hybridized carbons (Fsp3) is 0.588. The van der Waals surface area contributed by atoms with E-state index in [1.165, 1.54) is 30.4 Å². The minimum atomic E-state index is -0.123. The summed E-state index contributed by atoms with van der Waals surface area (Å²) in [7, 11) is 0. The minimum Gasteiger partial charge on any atom is -0.369 e. The Morgan fingerprint density at radius 3 is 2.65 bits per heavy atom. The van der Waals surface area contributed by atoms with Gasteiger partial charge in [-0.15, -0.1) is 0 Å². The van der Waals surface area contributed by atoms with E-state index in [0.29, 0.717) is 6.04 Å². The summed E-state index contributed by atoms with van der Waals surface area (Å²) in [5.41, 5.74) is 9.84. The summed E-state index contributed by atoms with van der Waals surface area (Å²) < 4.78 is 0. The first kappa shape index (κ1) is 13.6. The van der Waals surface area contributed by atoms with Gasteiger partial charge in [-0.2, -0.15) is 0 Å². The first-order valence-corrected chi connectivity index (χ1v) is 7.86. The molecule has 3 heteroatoms. The van der Waals surface area contributed by atoms with Crippen LogP contribution in [0.2, 0.25) is 0 Å². The number of amides is 1. The first-order chi connectivity index (χ1) is 9.72. The quantitative estimate of drug-likeness (QED) is 0.883. The molecule has 3 nitrogen and oxygen atoms in total. The Morgan fingerprint density at radius 1 is 1.15 bits per heavy atom. The summed E-state index contributed by atoms with van der Waals surface area (Å²) in [6.45, 7) is 0.944. The summed E-state index contributed by atoms with van der Waals surface area (Å²) in [4.78, 5) is 11.2. The number of carbonyl (C=O) groups is 1. The molecule has 2 aliphatic rings. The van der Waals surface area contributed by atoms with E-state index in [2.05, 4.69) is 23.5 Å². The van der Waals surface area contributed by atoms with Crippen molar-refractivity contribution < 1.29 is 4.79 Å². The van der Waals surface area contributed by atoms with Crippen molar-refractivity contribution in [3.05, 3.63) is 34.9 Å². The Balaban J connectivity index is 1.49. The SMILES string of the molecule is NC(=O)C1CCC(NCc2ccc3c(c2)CCC3)CC1. The summed E-state index contributed by atoms with van der Waals surface area (Å²) in [6.07, 6.45) is 7.82. The predicted molar refractivity (Wildman–Crippen MR) is 80.2 cm³/mol. The second-order valence-electron chi connectivity index (χ2n) is 6.29. The highest BCUT2D eigenvalue weighted by atomic mass is 16.1. The zero-order valence-electron chi connectivity index (χ0n) is 12.0. The lowest BCUT2D eigenvalue weighted by atomic mass is 9.85.